The van der Waals surface area contributed by atoms with E-state index in [1.807, 2.05) is 24.3 Å². The molecule has 2 rings (SSSR count). The maximum Gasteiger partial charge on any atom is 0.137 e. The second kappa shape index (κ2) is 5.50. The maximum absolute atomic E-state index is 13.2. The predicted octanol–water partition coefficient (Wildman–Crippen LogP) is 3.64. The molecule has 0 aliphatic carbocycles. The average Bonchev–Trinajstić information content (AvgIpc) is 2.41. The van der Waals surface area contributed by atoms with Crippen molar-refractivity contribution in [3.8, 4) is 5.75 Å². The van der Waals surface area contributed by atoms with E-state index in [1.165, 1.54) is 6.07 Å². The highest BCUT2D eigenvalue weighted by molar-refractivity contribution is 9.10. The molecule has 0 bridgehead atoms. The van der Waals surface area contributed by atoms with Gasteiger partial charge in [0.2, 0.25) is 0 Å². The van der Waals surface area contributed by atoms with Crippen LogP contribution in [0.15, 0.2) is 46.9 Å². The summed E-state index contributed by atoms with van der Waals surface area (Å²) >= 11 is 3.16. The summed E-state index contributed by atoms with van der Waals surface area (Å²) < 4.78 is 18.7. The van der Waals surface area contributed by atoms with Crippen molar-refractivity contribution in [3.05, 3.63) is 63.9 Å². The molecule has 0 radical (unpaired) electrons. The number of hydrogen-bond donors (Lipinski definition) is 1. The van der Waals surface area contributed by atoms with Crippen molar-refractivity contribution in [2.75, 3.05) is 7.11 Å². The van der Waals surface area contributed by atoms with Crippen molar-refractivity contribution >= 4 is 15.9 Å². The molecule has 1 unspecified atom stereocenters. The second-order valence-corrected chi connectivity index (χ2v) is 4.78. The quantitative estimate of drug-likeness (QED) is 0.939. The second-order valence-electron chi connectivity index (χ2n) is 3.92. The summed E-state index contributed by atoms with van der Waals surface area (Å²) in [6, 6.07) is 12.0. The molecule has 0 aromatic heterocycles. The van der Waals surface area contributed by atoms with Crippen LogP contribution in [0.25, 0.3) is 0 Å². The van der Waals surface area contributed by atoms with Gasteiger partial charge in [-0.3, -0.25) is 0 Å². The topological polar surface area (TPSA) is 35.2 Å². The Kier molecular flexibility index (Phi) is 3.99. The Labute approximate surface area is 114 Å². The Morgan fingerprint density at radius 1 is 1.11 bits per heavy atom. The van der Waals surface area contributed by atoms with Crippen LogP contribution in [0.1, 0.15) is 17.2 Å². The fraction of sp³-hybridized carbons (Fsp3) is 0.143. The van der Waals surface area contributed by atoms with Crippen LogP contribution >= 0.6 is 15.9 Å². The highest BCUT2D eigenvalue weighted by Gasteiger charge is 2.10. The van der Waals surface area contributed by atoms with Crippen LogP contribution in [-0.4, -0.2) is 7.11 Å². The normalized spacial score (nSPS) is 12.2. The first-order valence-electron chi connectivity index (χ1n) is 5.46. The van der Waals surface area contributed by atoms with Gasteiger partial charge in [-0.15, -0.1) is 0 Å². The van der Waals surface area contributed by atoms with Crippen molar-refractivity contribution < 1.29 is 9.13 Å². The number of benzene rings is 2. The van der Waals surface area contributed by atoms with Gasteiger partial charge < -0.3 is 10.5 Å². The third kappa shape index (κ3) is 2.71. The molecule has 0 fully saturated rings. The van der Waals surface area contributed by atoms with E-state index in [4.69, 9.17) is 10.5 Å². The molecule has 1 atom stereocenters. The minimum absolute atomic E-state index is 0.284. The Morgan fingerprint density at radius 2 is 1.72 bits per heavy atom. The molecule has 2 aromatic carbocycles. The zero-order chi connectivity index (χ0) is 13.1. The SMILES string of the molecule is COc1ccc(C(N)c2ccc(F)c(Br)c2)cc1. The molecule has 0 aliphatic heterocycles. The molecule has 0 aliphatic rings. The van der Waals surface area contributed by atoms with Gasteiger partial charge in [0.15, 0.2) is 0 Å². The first-order valence-corrected chi connectivity index (χ1v) is 6.25. The summed E-state index contributed by atoms with van der Waals surface area (Å²) in [7, 11) is 1.62. The van der Waals surface area contributed by atoms with E-state index >= 15 is 0 Å². The molecule has 0 saturated carbocycles. The number of rotatable bonds is 3. The zero-order valence-corrected chi connectivity index (χ0v) is 11.4. The van der Waals surface area contributed by atoms with Crippen LogP contribution in [0, 0.1) is 5.82 Å². The van der Waals surface area contributed by atoms with Gasteiger partial charge in [0.25, 0.3) is 0 Å². The summed E-state index contributed by atoms with van der Waals surface area (Å²) in [5.41, 5.74) is 7.95. The van der Waals surface area contributed by atoms with E-state index in [0.29, 0.717) is 4.47 Å². The molecule has 94 valence electrons. The lowest BCUT2D eigenvalue weighted by molar-refractivity contribution is 0.414. The highest BCUT2D eigenvalue weighted by atomic mass is 79.9. The zero-order valence-electron chi connectivity index (χ0n) is 9.86. The summed E-state index contributed by atoms with van der Waals surface area (Å²) in [4.78, 5) is 0. The van der Waals surface area contributed by atoms with Crippen molar-refractivity contribution in [2.24, 2.45) is 5.73 Å². The molecule has 4 heteroatoms. The monoisotopic (exact) mass is 309 g/mol. The van der Waals surface area contributed by atoms with Gasteiger partial charge in [-0.1, -0.05) is 18.2 Å². The van der Waals surface area contributed by atoms with Gasteiger partial charge in [-0.2, -0.15) is 0 Å². The van der Waals surface area contributed by atoms with Gasteiger partial charge >= 0.3 is 0 Å². The van der Waals surface area contributed by atoms with Crippen LogP contribution in [0.5, 0.6) is 5.75 Å². The molecule has 18 heavy (non-hydrogen) atoms. The van der Waals surface area contributed by atoms with E-state index in [1.54, 1.807) is 19.2 Å². The summed E-state index contributed by atoms with van der Waals surface area (Å²) in [6.45, 7) is 0. The van der Waals surface area contributed by atoms with Crippen molar-refractivity contribution in [1.29, 1.82) is 0 Å². The Balaban J connectivity index is 2.28. The van der Waals surface area contributed by atoms with Crippen LogP contribution in [0.3, 0.4) is 0 Å². The van der Waals surface area contributed by atoms with Crippen molar-refractivity contribution in [2.45, 2.75) is 6.04 Å². The maximum atomic E-state index is 13.2. The lowest BCUT2D eigenvalue weighted by Crippen LogP contribution is -2.11. The first-order chi connectivity index (χ1) is 8.61. The lowest BCUT2D eigenvalue weighted by atomic mass is 10.00. The minimum atomic E-state index is -0.291. The van der Waals surface area contributed by atoms with E-state index in [2.05, 4.69) is 15.9 Å². The van der Waals surface area contributed by atoms with E-state index in [-0.39, 0.29) is 11.9 Å². The number of halogens is 2. The van der Waals surface area contributed by atoms with E-state index in [9.17, 15) is 4.39 Å². The number of nitrogens with two attached hydrogens (primary N) is 1. The van der Waals surface area contributed by atoms with E-state index in [0.717, 1.165) is 16.9 Å². The molecule has 2 aromatic rings. The standard InChI is InChI=1S/C14H13BrFNO/c1-18-11-5-2-9(3-6-11)14(17)10-4-7-13(16)12(15)8-10/h2-8,14H,17H2,1H3. The smallest absolute Gasteiger partial charge is 0.137 e. The van der Waals surface area contributed by atoms with Crippen LogP contribution in [-0.2, 0) is 0 Å². The molecule has 2 N–H and O–H groups in total. The fourth-order valence-corrected chi connectivity index (χ4v) is 2.11. The average molecular weight is 310 g/mol. The Hall–Kier alpha value is -1.39. The number of methoxy groups -OCH3 is 1. The molecular formula is C14H13BrFNO. The molecule has 0 amide bonds. The summed E-state index contributed by atoms with van der Waals surface area (Å²) in [5.74, 6) is 0.493. The fourth-order valence-electron chi connectivity index (χ4n) is 1.71. The van der Waals surface area contributed by atoms with Gasteiger partial charge in [0.1, 0.15) is 11.6 Å². The molecule has 0 heterocycles. The molecule has 0 saturated heterocycles. The van der Waals surface area contributed by atoms with Gasteiger partial charge in [-0.25, -0.2) is 4.39 Å². The Bertz CT molecular complexity index is 542. The molecule has 2 nitrogen and oxygen atoms in total. The summed E-state index contributed by atoms with van der Waals surface area (Å²) in [5, 5.41) is 0. The van der Waals surface area contributed by atoms with Gasteiger partial charge in [0, 0.05) is 0 Å². The largest absolute Gasteiger partial charge is 0.497 e. The summed E-state index contributed by atoms with van der Waals surface area (Å²) in [6.07, 6.45) is 0. The van der Waals surface area contributed by atoms with Gasteiger partial charge in [-0.05, 0) is 51.3 Å². The highest BCUT2D eigenvalue weighted by Crippen LogP contribution is 2.25. The Morgan fingerprint density at radius 3 is 2.28 bits per heavy atom. The lowest BCUT2D eigenvalue weighted by Gasteiger charge is -2.13. The van der Waals surface area contributed by atoms with Crippen LogP contribution in [0.2, 0.25) is 0 Å². The van der Waals surface area contributed by atoms with Crippen molar-refractivity contribution in [3.63, 3.8) is 0 Å². The molecule has 0 spiro atoms. The first kappa shape index (κ1) is 13.1. The number of ether oxygens (including phenoxy) is 1. The predicted molar refractivity (Wildman–Crippen MR) is 73.1 cm³/mol. The molecular weight excluding hydrogens is 297 g/mol. The van der Waals surface area contributed by atoms with Crippen LogP contribution < -0.4 is 10.5 Å². The third-order valence-corrected chi connectivity index (χ3v) is 3.39. The van der Waals surface area contributed by atoms with Crippen molar-refractivity contribution in [1.82, 2.24) is 0 Å². The third-order valence-electron chi connectivity index (χ3n) is 2.78. The number of hydrogen-bond acceptors (Lipinski definition) is 2. The van der Waals surface area contributed by atoms with Gasteiger partial charge in [0.05, 0.1) is 17.6 Å². The minimum Gasteiger partial charge on any atom is -0.497 e. The van der Waals surface area contributed by atoms with E-state index < -0.39 is 0 Å². The van der Waals surface area contributed by atoms with Crippen LogP contribution in [0.4, 0.5) is 4.39 Å².